The van der Waals surface area contributed by atoms with Gasteiger partial charge in [0.1, 0.15) is 0 Å². The van der Waals surface area contributed by atoms with Crippen LogP contribution in [0.3, 0.4) is 0 Å². The zero-order valence-electron chi connectivity index (χ0n) is 13.2. The maximum atomic E-state index is 11.0. The molecule has 0 atom stereocenters. The molecule has 4 nitrogen and oxygen atoms in total. The Morgan fingerprint density at radius 2 is 2.00 bits per heavy atom. The van der Waals surface area contributed by atoms with Crippen LogP contribution in [0.5, 0.6) is 0 Å². The number of nitrogens with zero attached hydrogens (tertiary/aromatic N) is 1. The summed E-state index contributed by atoms with van der Waals surface area (Å²) in [7, 11) is 0. The predicted octanol–water partition coefficient (Wildman–Crippen LogP) is 2.15. The van der Waals surface area contributed by atoms with Crippen LogP contribution in [0.15, 0.2) is 24.3 Å². The van der Waals surface area contributed by atoms with Gasteiger partial charge in [-0.15, -0.1) is 0 Å². The van der Waals surface area contributed by atoms with E-state index in [9.17, 15) is 4.79 Å². The summed E-state index contributed by atoms with van der Waals surface area (Å²) in [5, 5.41) is 6.35. The summed E-state index contributed by atoms with van der Waals surface area (Å²) in [5.41, 5.74) is 2.73. The van der Waals surface area contributed by atoms with E-state index in [2.05, 4.69) is 46.7 Å². The third-order valence-electron chi connectivity index (χ3n) is 4.15. The van der Waals surface area contributed by atoms with Gasteiger partial charge in [0.25, 0.3) is 0 Å². The Balaban J connectivity index is 1.91. The molecule has 0 radical (unpaired) electrons. The van der Waals surface area contributed by atoms with Crippen LogP contribution < -0.4 is 15.5 Å². The number of rotatable bonds is 6. The molecule has 4 heteroatoms. The minimum absolute atomic E-state index is 0.0772. The summed E-state index contributed by atoms with van der Waals surface area (Å²) in [6, 6.07) is 8.66. The van der Waals surface area contributed by atoms with Crippen molar-refractivity contribution in [2.75, 3.05) is 31.1 Å². The van der Waals surface area contributed by atoms with Crippen LogP contribution in [-0.2, 0) is 11.3 Å². The van der Waals surface area contributed by atoms with Gasteiger partial charge in [-0.3, -0.25) is 4.79 Å². The molecule has 116 valence electrons. The van der Waals surface area contributed by atoms with Crippen LogP contribution in [0.4, 0.5) is 5.69 Å². The molecule has 0 bridgehead atoms. The highest BCUT2D eigenvalue weighted by molar-refractivity contribution is 5.72. The number of benzene rings is 1. The second-order valence-electron chi connectivity index (χ2n) is 5.78. The third-order valence-corrected chi connectivity index (χ3v) is 4.15. The van der Waals surface area contributed by atoms with E-state index < -0.39 is 0 Å². The van der Waals surface area contributed by atoms with E-state index in [0.717, 1.165) is 45.6 Å². The van der Waals surface area contributed by atoms with Crippen LogP contribution in [0.25, 0.3) is 0 Å². The first-order valence-electron chi connectivity index (χ1n) is 7.98. The van der Waals surface area contributed by atoms with Crippen molar-refractivity contribution in [1.82, 2.24) is 10.6 Å². The first kappa shape index (κ1) is 15.8. The first-order chi connectivity index (χ1) is 10.2. The molecule has 1 amide bonds. The molecule has 1 heterocycles. The van der Waals surface area contributed by atoms with Crippen molar-refractivity contribution in [3.63, 3.8) is 0 Å². The summed E-state index contributed by atoms with van der Waals surface area (Å²) in [6.45, 7) is 8.62. The van der Waals surface area contributed by atoms with Crippen molar-refractivity contribution in [2.24, 2.45) is 5.92 Å². The van der Waals surface area contributed by atoms with Crippen LogP contribution in [0.1, 0.15) is 32.3 Å². The van der Waals surface area contributed by atoms with E-state index >= 15 is 0 Å². The number of hydrogen-bond donors (Lipinski definition) is 2. The fourth-order valence-corrected chi connectivity index (χ4v) is 2.89. The molecule has 1 fully saturated rings. The number of piperidine rings is 1. The van der Waals surface area contributed by atoms with Crippen LogP contribution in [0, 0.1) is 5.92 Å². The number of carbonyl (C=O) groups excluding carboxylic acids is 1. The number of para-hydroxylation sites is 1. The van der Waals surface area contributed by atoms with Gasteiger partial charge in [0, 0.05) is 38.8 Å². The standard InChI is InChI=1S/C17H27N3O/c1-3-18-13-16-6-4-5-7-17(16)20-10-8-15(9-11-20)12-19-14(2)21/h4-7,15,18H,3,8-13H2,1-2H3,(H,19,21). The average Bonchev–Trinajstić information content (AvgIpc) is 2.52. The quantitative estimate of drug-likeness (QED) is 0.843. The molecule has 1 saturated heterocycles. The van der Waals surface area contributed by atoms with Gasteiger partial charge >= 0.3 is 0 Å². The fraction of sp³-hybridized carbons (Fsp3) is 0.588. The smallest absolute Gasteiger partial charge is 0.216 e. The predicted molar refractivity (Wildman–Crippen MR) is 87.4 cm³/mol. The van der Waals surface area contributed by atoms with E-state index in [0.29, 0.717) is 5.92 Å². The van der Waals surface area contributed by atoms with Crippen LogP contribution in [-0.4, -0.2) is 32.1 Å². The Labute approximate surface area is 127 Å². The number of carbonyl (C=O) groups is 1. The molecule has 1 aliphatic heterocycles. The highest BCUT2D eigenvalue weighted by Crippen LogP contribution is 2.26. The number of nitrogens with one attached hydrogen (secondary N) is 2. The van der Waals surface area contributed by atoms with Gasteiger partial charge in [0.15, 0.2) is 0 Å². The minimum atomic E-state index is 0.0772. The lowest BCUT2D eigenvalue weighted by Gasteiger charge is -2.35. The molecule has 1 aromatic rings. The van der Waals surface area contributed by atoms with Crippen molar-refractivity contribution < 1.29 is 4.79 Å². The lowest BCUT2D eigenvalue weighted by atomic mass is 9.95. The second kappa shape index (κ2) is 8.03. The summed E-state index contributed by atoms with van der Waals surface area (Å²) < 4.78 is 0. The van der Waals surface area contributed by atoms with Crippen LogP contribution in [0.2, 0.25) is 0 Å². The van der Waals surface area contributed by atoms with Gasteiger partial charge in [0.05, 0.1) is 0 Å². The molecule has 1 aliphatic rings. The monoisotopic (exact) mass is 289 g/mol. The Kier molecular flexibility index (Phi) is 6.05. The van der Waals surface area contributed by atoms with E-state index in [1.165, 1.54) is 11.3 Å². The Hall–Kier alpha value is -1.55. The Bertz CT molecular complexity index is 453. The lowest BCUT2D eigenvalue weighted by molar-refractivity contribution is -0.119. The fourth-order valence-electron chi connectivity index (χ4n) is 2.89. The van der Waals surface area contributed by atoms with Crippen molar-refractivity contribution in [3.05, 3.63) is 29.8 Å². The number of amides is 1. The zero-order chi connectivity index (χ0) is 15.1. The number of anilines is 1. The SMILES string of the molecule is CCNCc1ccccc1N1CCC(CNC(C)=O)CC1. The summed E-state index contributed by atoms with van der Waals surface area (Å²) in [5.74, 6) is 0.694. The second-order valence-corrected chi connectivity index (χ2v) is 5.78. The maximum absolute atomic E-state index is 11.0. The molecule has 0 saturated carbocycles. The molecule has 21 heavy (non-hydrogen) atoms. The average molecular weight is 289 g/mol. The Morgan fingerprint density at radius 1 is 1.29 bits per heavy atom. The summed E-state index contributed by atoms with van der Waals surface area (Å²) >= 11 is 0. The molecule has 0 unspecified atom stereocenters. The summed E-state index contributed by atoms with van der Waals surface area (Å²) in [6.07, 6.45) is 2.30. The number of hydrogen-bond acceptors (Lipinski definition) is 3. The van der Waals surface area contributed by atoms with Crippen molar-refractivity contribution in [1.29, 1.82) is 0 Å². The molecule has 2 N–H and O–H groups in total. The third kappa shape index (κ3) is 4.74. The lowest BCUT2D eigenvalue weighted by Crippen LogP contribution is -2.38. The highest BCUT2D eigenvalue weighted by atomic mass is 16.1. The van der Waals surface area contributed by atoms with E-state index in [4.69, 9.17) is 0 Å². The topological polar surface area (TPSA) is 44.4 Å². The van der Waals surface area contributed by atoms with Gasteiger partial charge in [-0.1, -0.05) is 25.1 Å². The van der Waals surface area contributed by atoms with Gasteiger partial charge < -0.3 is 15.5 Å². The van der Waals surface area contributed by atoms with E-state index in [-0.39, 0.29) is 5.91 Å². The van der Waals surface area contributed by atoms with Gasteiger partial charge in [-0.05, 0) is 36.9 Å². The zero-order valence-corrected chi connectivity index (χ0v) is 13.2. The van der Waals surface area contributed by atoms with Crippen molar-refractivity contribution in [2.45, 2.75) is 33.2 Å². The first-order valence-corrected chi connectivity index (χ1v) is 7.98. The van der Waals surface area contributed by atoms with Gasteiger partial charge in [-0.25, -0.2) is 0 Å². The molecule has 0 aromatic heterocycles. The minimum Gasteiger partial charge on any atom is -0.371 e. The molecule has 1 aromatic carbocycles. The van der Waals surface area contributed by atoms with Gasteiger partial charge in [0.2, 0.25) is 5.91 Å². The highest BCUT2D eigenvalue weighted by Gasteiger charge is 2.20. The largest absolute Gasteiger partial charge is 0.371 e. The maximum Gasteiger partial charge on any atom is 0.216 e. The molecule has 0 aliphatic carbocycles. The molecular formula is C17H27N3O. The van der Waals surface area contributed by atoms with Crippen molar-refractivity contribution >= 4 is 11.6 Å². The molecular weight excluding hydrogens is 262 g/mol. The Morgan fingerprint density at radius 3 is 2.67 bits per heavy atom. The van der Waals surface area contributed by atoms with E-state index in [1.54, 1.807) is 6.92 Å². The van der Waals surface area contributed by atoms with Gasteiger partial charge in [-0.2, -0.15) is 0 Å². The van der Waals surface area contributed by atoms with Crippen LogP contribution >= 0.6 is 0 Å². The van der Waals surface area contributed by atoms with E-state index in [1.807, 2.05) is 0 Å². The molecule has 2 rings (SSSR count). The molecule has 0 spiro atoms. The van der Waals surface area contributed by atoms with Crippen molar-refractivity contribution in [3.8, 4) is 0 Å². The normalized spacial score (nSPS) is 16.0. The summed E-state index contributed by atoms with van der Waals surface area (Å²) in [4.78, 5) is 13.5.